The first-order valence-corrected chi connectivity index (χ1v) is 4.39. The maximum Gasteiger partial charge on any atom is 0.273 e. The van der Waals surface area contributed by atoms with Crippen molar-refractivity contribution in [1.29, 1.82) is 0 Å². The molecule has 0 aromatic carbocycles. The summed E-state index contributed by atoms with van der Waals surface area (Å²) < 4.78 is 0. The van der Waals surface area contributed by atoms with Gasteiger partial charge in [0, 0.05) is 11.4 Å². The molecular weight excluding hydrogens is 224 g/mol. The lowest BCUT2D eigenvalue weighted by molar-refractivity contribution is 0.0949. The van der Waals surface area contributed by atoms with Gasteiger partial charge in [0.15, 0.2) is 5.69 Å². The highest BCUT2D eigenvalue weighted by Crippen LogP contribution is 1.95. The Balaban J connectivity index is 2.40. The van der Waals surface area contributed by atoms with E-state index in [0.29, 0.717) is 12.2 Å². The summed E-state index contributed by atoms with van der Waals surface area (Å²) in [6, 6.07) is 0. The Morgan fingerprint density at radius 3 is 3.17 bits per heavy atom. The van der Waals surface area contributed by atoms with Crippen LogP contribution in [-0.2, 0) is 0 Å². The molecule has 1 aromatic rings. The molecule has 2 N–H and O–H groups in total. The van der Waals surface area contributed by atoms with Crippen LogP contribution >= 0.6 is 15.9 Å². The Kier molecular flexibility index (Phi) is 3.21. The first-order valence-electron chi connectivity index (χ1n) is 3.48. The molecule has 0 fully saturated rings. The zero-order valence-electron chi connectivity index (χ0n) is 6.54. The first-order chi connectivity index (χ1) is 5.70. The summed E-state index contributed by atoms with van der Waals surface area (Å²) in [5, 5.41) is 12.2. The number of rotatable bonds is 3. The molecule has 0 bridgehead atoms. The molecule has 5 nitrogen and oxygen atoms in total. The van der Waals surface area contributed by atoms with Gasteiger partial charge in [0.1, 0.15) is 0 Å². The fourth-order valence-electron chi connectivity index (χ4n) is 0.635. The van der Waals surface area contributed by atoms with Gasteiger partial charge < -0.3 is 5.32 Å². The van der Waals surface area contributed by atoms with E-state index in [4.69, 9.17) is 0 Å². The zero-order chi connectivity index (χ0) is 8.97. The molecule has 0 saturated carbocycles. The molecule has 0 spiro atoms. The molecule has 1 heterocycles. The van der Waals surface area contributed by atoms with Crippen molar-refractivity contribution in [3.05, 3.63) is 11.9 Å². The third-order valence-electron chi connectivity index (χ3n) is 1.19. The maximum absolute atomic E-state index is 11.2. The quantitative estimate of drug-likeness (QED) is 0.738. The van der Waals surface area contributed by atoms with Crippen molar-refractivity contribution in [3.8, 4) is 0 Å². The summed E-state index contributed by atoms with van der Waals surface area (Å²) >= 11 is 3.31. The number of alkyl halides is 1. The highest BCUT2D eigenvalue weighted by atomic mass is 79.9. The van der Waals surface area contributed by atoms with E-state index in [1.807, 2.05) is 6.92 Å². The number of hydrogen-bond acceptors (Lipinski definition) is 3. The topological polar surface area (TPSA) is 70.7 Å². The summed E-state index contributed by atoms with van der Waals surface area (Å²) in [5.41, 5.74) is 0.308. The van der Waals surface area contributed by atoms with Gasteiger partial charge in [0.05, 0.1) is 6.20 Å². The SMILES string of the molecule is CC(Br)CNC(=O)c1cn[nH]n1. The Morgan fingerprint density at radius 2 is 2.67 bits per heavy atom. The van der Waals surface area contributed by atoms with Gasteiger partial charge >= 0.3 is 0 Å². The summed E-state index contributed by atoms with van der Waals surface area (Å²) in [4.78, 5) is 11.4. The number of aromatic nitrogens is 3. The minimum Gasteiger partial charge on any atom is -0.349 e. The molecule has 1 atom stereocenters. The number of nitrogens with zero attached hydrogens (tertiary/aromatic N) is 2. The van der Waals surface area contributed by atoms with Crippen LogP contribution in [0.3, 0.4) is 0 Å². The lowest BCUT2D eigenvalue weighted by atomic mass is 10.4. The van der Waals surface area contributed by atoms with Gasteiger partial charge in [0.25, 0.3) is 5.91 Å². The van der Waals surface area contributed by atoms with Crippen molar-refractivity contribution in [2.75, 3.05) is 6.54 Å². The number of hydrogen-bond donors (Lipinski definition) is 2. The monoisotopic (exact) mass is 232 g/mol. The lowest BCUT2D eigenvalue weighted by Crippen LogP contribution is -2.28. The van der Waals surface area contributed by atoms with E-state index < -0.39 is 0 Å². The predicted molar refractivity (Wildman–Crippen MR) is 47.1 cm³/mol. The van der Waals surface area contributed by atoms with Gasteiger partial charge in [0.2, 0.25) is 0 Å². The molecule has 0 saturated heterocycles. The van der Waals surface area contributed by atoms with Crippen molar-refractivity contribution < 1.29 is 4.79 Å². The molecule has 0 radical (unpaired) electrons. The summed E-state index contributed by atoms with van der Waals surface area (Å²) in [6.07, 6.45) is 1.38. The molecule has 0 aliphatic heterocycles. The van der Waals surface area contributed by atoms with Crippen LogP contribution in [0.4, 0.5) is 0 Å². The van der Waals surface area contributed by atoms with Crippen LogP contribution in [0, 0.1) is 0 Å². The van der Waals surface area contributed by atoms with E-state index in [9.17, 15) is 4.79 Å². The highest BCUT2D eigenvalue weighted by Gasteiger charge is 2.07. The van der Waals surface area contributed by atoms with Gasteiger partial charge in [-0.05, 0) is 0 Å². The van der Waals surface area contributed by atoms with Crippen LogP contribution in [0.1, 0.15) is 17.4 Å². The highest BCUT2D eigenvalue weighted by molar-refractivity contribution is 9.09. The average Bonchev–Trinajstić information content (AvgIpc) is 2.51. The fraction of sp³-hybridized carbons (Fsp3) is 0.500. The maximum atomic E-state index is 11.2. The second kappa shape index (κ2) is 4.20. The number of halogens is 1. The largest absolute Gasteiger partial charge is 0.349 e. The second-order valence-electron chi connectivity index (χ2n) is 2.35. The van der Waals surface area contributed by atoms with E-state index in [2.05, 4.69) is 36.7 Å². The number of H-pyrrole nitrogens is 1. The van der Waals surface area contributed by atoms with Crippen LogP contribution in [0.2, 0.25) is 0 Å². The molecule has 1 aromatic heterocycles. The third kappa shape index (κ3) is 2.61. The van der Waals surface area contributed by atoms with E-state index in [0.717, 1.165) is 0 Å². The van der Waals surface area contributed by atoms with E-state index in [-0.39, 0.29) is 10.7 Å². The summed E-state index contributed by atoms with van der Waals surface area (Å²) in [6.45, 7) is 2.52. The Labute approximate surface area is 78.1 Å². The van der Waals surface area contributed by atoms with Crippen LogP contribution in [0.15, 0.2) is 6.20 Å². The minimum atomic E-state index is -0.213. The predicted octanol–water partition coefficient (Wildman–Crippen LogP) is 0.318. The molecule has 6 heteroatoms. The van der Waals surface area contributed by atoms with Gasteiger partial charge in [-0.15, -0.1) is 0 Å². The van der Waals surface area contributed by atoms with Gasteiger partial charge in [-0.3, -0.25) is 4.79 Å². The second-order valence-corrected chi connectivity index (χ2v) is 3.91. The molecule has 12 heavy (non-hydrogen) atoms. The zero-order valence-corrected chi connectivity index (χ0v) is 8.13. The van der Waals surface area contributed by atoms with Crippen LogP contribution in [0.25, 0.3) is 0 Å². The third-order valence-corrected chi connectivity index (χ3v) is 1.52. The van der Waals surface area contributed by atoms with Crippen molar-refractivity contribution in [2.24, 2.45) is 0 Å². The number of amides is 1. The van der Waals surface area contributed by atoms with Crippen molar-refractivity contribution in [2.45, 2.75) is 11.8 Å². The van der Waals surface area contributed by atoms with Crippen LogP contribution < -0.4 is 5.32 Å². The number of aromatic amines is 1. The van der Waals surface area contributed by atoms with Crippen molar-refractivity contribution >= 4 is 21.8 Å². The number of carbonyl (C=O) groups is 1. The average molecular weight is 233 g/mol. The smallest absolute Gasteiger partial charge is 0.273 e. The number of carbonyl (C=O) groups excluding carboxylic acids is 1. The van der Waals surface area contributed by atoms with Gasteiger partial charge in [-0.1, -0.05) is 22.9 Å². The first kappa shape index (κ1) is 9.18. The van der Waals surface area contributed by atoms with Crippen molar-refractivity contribution in [3.63, 3.8) is 0 Å². The van der Waals surface area contributed by atoms with E-state index in [1.165, 1.54) is 6.20 Å². The van der Waals surface area contributed by atoms with Crippen LogP contribution in [0.5, 0.6) is 0 Å². The molecule has 1 unspecified atom stereocenters. The fourth-order valence-corrected chi connectivity index (χ4v) is 0.797. The Morgan fingerprint density at radius 1 is 1.92 bits per heavy atom. The normalized spacial score (nSPS) is 12.5. The molecule has 0 aliphatic rings. The molecule has 0 aliphatic carbocycles. The van der Waals surface area contributed by atoms with E-state index in [1.54, 1.807) is 0 Å². The van der Waals surface area contributed by atoms with E-state index >= 15 is 0 Å². The molecule has 1 amide bonds. The summed E-state index contributed by atoms with van der Waals surface area (Å²) in [7, 11) is 0. The van der Waals surface area contributed by atoms with Crippen molar-refractivity contribution in [1.82, 2.24) is 20.7 Å². The molecule has 1 rings (SSSR count). The summed E-state index contributed by atoms with van der Waals surface area (Å²) in [5.74, 6) is -0.213. The molecular formula is C6H9BrN4O. The van der Waals surface area contributed by atoms with Gasteiger partial charge in [-0.2, -0.15) is 15.4 Å². The minimum absolute atomic E-state index is 0.213. The Bertz CT molecular complexity index is 246. The van der Waals surface area contributed by atoms with Gasteiger partial charge in [-0.25, -0.2) is 0 Å². The van der Waals surface area contributed by atoms with Crippen LogP contribution in [-0.4, -0.2) is 32.7 Å². The lowest BCUT2D eigenvalue weighted by Gasteiger charge is -2.03. The standard InChI is InChI=1S/C6H9BrN4O/c1-4(7)2-8-6(12)5-3-9-11-10-5/h3-4H,2H2,1H3,(H,8,12)(H,9,10,11). The Hall–Kier alpha value is -0.910. The molecule has 66 valence electrons. The number of nitrogens with one attached hydrogen (secondary N) is 2.